The molecule has 9 nitrogen and oxygen atoms in total. The molecule has 0 fully saturated rings. The second kappa shape index (κ2) is 9.02. The number of carbonyl (C=O) groups is 4. The van der Waals surface area contributed by atoms with Crippen LogP contribution in [0.4, 0.5) is 0 Å². The predicted octanol–water partition coefficient (Wildman–Crippen LogP) is 0.402. The lowest BCUT2D eigenvalue weighted by atomic mass is 10.2. The average Bonchev–Trinajstić information content (AvgIpc) is 3.19. The Morgan fingerprint density at radius 3 is 2.38 bits per heavy atom. The largest absolute Gasteiger partial charge is 0.459 e. The predicted molar refractivity (Wildman–Crippen MR) is 88.6 cm³/mol. The molecule has 0 aliphatic rings. The first-order chi connectivity index (χ1) is 12.5. The van der Waals surface area contributed by atoms with Gasteiger partial charge in [0, 0.05) is 5.56 Å². The second-order valence-corrected chi connectivity index (χ2v) is 5.10. The van der Waals surface area contributed by atoms with E-state index in [4.69, 9.17) is 9.15 Å². The van der Waals surface area contributed by atoms with Crippen molar-refractivity contribution < 1.29 is 28.3 Å². The zero-order valence-corrected chi connectivity index (χ0v) is 13.9. The van der Waals surface area contributed by atoms with E-state index in [1.807, 2.05) is 0 Å². The van der Waals surface area contributed by atoms with Gasteiger partial charge in [0.15, 0.2) is 11.9 Å². The monoisotopic (exact) mass is 359 g/mol. The summed E-state index contributed by atoms with van der Waals surface area (Å²) in [5, 5.41) is 2.29. The minimum atomic E-state index is -1.17. The van der Waals surface area contributed by atoms with Gasteiger partial charge in [-0.05, 0) is 31.2 Å². The van der Waals surface area contributed by atoms with E-state index in [1.165, 1.54) is 25.3 Å². The van der Waals surface area contributed by atoms with Crippen molar-refractivity contribution in [3.63, 3.8) is 0 Å². The first kappa shape index (κ1) is 18.7. The highest BCUT2D eigenvalue weighted by molar-refractivity contribution is 5.96. The Morgan fingerprint density at radius 1 is 1.00 bits per heavy atom. The van der Waals surface area contributed by atoms with E-state index in [1.54, 1.807) is 30.3 Å². The Morgan fingerprint density at radius 2 is 1.73 bits per heavy atom. The molecule has 0 saturated carbocycles. The van der Waals surface area contributed by atoms with Crippen LogP contribution in [0.15, 0.2) is 53.1 Å². The highest BCUT2D eigenvalue weighted by Crippen LogP contribution is 1.99. The standard InChI is InChI=1S/C17H17N3O6/c1-11(15(22)19-20-16(23)12-6-3-2-4-7-12)26-14(21)10-18-17(24)13-8-5-9-25-13/h2-9,11H,10H2,1H3,(H,18,24)(H,19,22)(H,20,23)/t11-/m0/s1. The van der Waals surface area contributed by atoms with E-state index in [0.717, 1.165) is 0 Å². The highest BCUT2D eigenvalue weighted by atomic mass is 16.5. The number of nitrogens with one attached hydrogen (secondary N) is 3. The maximum Gasteiger partial charge on any atom is 0.326 e. The summed E-state index contributed by atoms with van der Waals surface area (Å²) in [6.07, 6.45) is 0.155. The van der Waals surface area contributed by atoms with Crippen LogP contribution < -0.4 is 16.2 Å². The number of hydrazine groups is 1. The Kier molecular flexibility index (Phi) is 6.49. The van der Waals surface area contributed by atoms with Gasteiger partial charge in [-0.25, -0.2) is 0 Å². The molecule has 0 aliphatic heterocycles. The number of hydrogen-bond donors (Lipinski definition) is 3. The summed E-state index contributed by atoms with van der Waals surface area (Å²) in [5.41, 5.74) is 4.72. The van der Waals surface area contributed by atoms with Crippen LogP contribution in [0.25, 0.3) is 0 Å². The lowest BCUT2D eigenvalue weighted by Crippen LogP contribution is -2.47. The maximum absolute atomic E-state index is 11.8. The first-order valence-electron chi connectivity index (χ1n) is 7.64. The molecule has 1 atom stereocenters. The molecule has 9 heteroatoms. The van der Waals surface area contributed by atoms with Crippen molar-refractivity contribution in [1.29, 1.82) is 0 Å². The van der Waals surface area contributed by atoms with E-state index >= 15 is 0 Å². The molecule has 1 aromatic carbocycles. The van der Waals surface area contributed by atoms with Gasteiger partial charge in [-0.1, -0.05) is 18.2 Å². The van der Waals surface area contributed by atoms with Crippen LogP contribution in [0.5, 0.6) is 0 Å². The Hall–Kier alpha value is -3.62. The molecule has 0 bridgehead atoms. The molecule has 26 heavy (non-hydrogen) atoms. The Balaban J connectivity index is 1.71. The molecule has 0 aliphatic carbocycles. The second-order valence-electron chi connectivity index (χ2n) is 5.10. The van der Waals surface area contributed by atoms with Gasteiger partial charge in [0.05, 0.1) is 6.26 Å². The van der Waals surface area contributed by atoms with Gasteiger partial charge >= 0.3 is 5.97 Å². The SMILES string of the molecule is C[C@H](OC(=O)CNC(=O)c1ccco1)C(=O)NNC(=O)c1ccccc1. The van der Waals surface area contributed by atoms with E-state index in [9.17, 15) is 19.2 Å². The van der Waals surface area contributed by atoms with Crippen molar-refractivity contribution in [1.82, 2.24) is 16.2 Å². The van der Waals surface area contributed by atoms with Crippen molar-refractivity contribution in [3.8, 4) is 0 Å². The zero-order valence-electron chi connectivity index (χ0n) is 13.9. The number of furan rings is 1. The molecular weight excluding hydrogens is 342 g/mol. The van der Waals surface area contributed by atoms with E-state index in [-0.39, 0.29) is 5.76 Å². The summed E-state index contributed by atoms with van der Waals surface area (Å²) in [6.45, 7) is 0.893. The van der Waals surface area contributed by atoms with E-state index < -0.39 is 36.3 Å². The summed E-state index contributed by atoms with van der Waals surface area (Å²) in [7, 11) is 0. The summed E-state index contributed by atoms with van der Waals surface area (Å²) in [5.74, 6) is -2.59. The molecule has 2 rings (SSSR count). The van der Waals surface area contributed by atoms with Crippen LogP contribution in [-0.4, -0.2) is 36.3 Å². The summed E-state index contributed by atoms with van der Waals surface area (Å²) in [6, 6.07) is 11.2. The summed E-state index contributed by atoms with van der Waals surface area (Å²) in [4.78, 5) is 46.9. The third-order valence-electron chi connectivity index (χ3n) is 3.15. The van der Waals surface area contributed by atoms with Gasteiger partial charge in [0.2, 0.25) is 0 Å². The molecule has 1 heterocycles. The van der Waals surface area contributed by atoms with Crippen LogP contribution in [0.3, 0.4) is 0 Å². The molecule has 0 radical (unpaired) electrons. The quantitative estimate of drug-likeness (QED) is 0.506. The van der Waals surface area contributed by atoms with Gasteiger partial charge in [-0.3, -0.25) is 30.0 Å². The number of hydrogen-bond acceptors (Lipinski definition) is 6. The Labute approximate surface area is 148 Å². The molecule has 3 N–H and O–H groups in total. The maximum atomic E-state index is 11.8. The van der Waals surface area contributed by atoms with Crippen LogP contribution >= 0.6 is 0 Å². The molecule has 0 spiro atoms. The fourth-order valence-corrected chi connectivity index (χ4v) is 1.82. The topological polar surface area (TPSA) is 127 Å². The normalized spacial score (nSPS) is 11.1. The van der Waals surface area contributed by atoms with Crippen LogP contribution in [0, 0.1) is 0 Å². The van der Waals surface area contributed by atoms with Gasteiger partial charge < -0.3 is 14.5 Å². The molecule has 0 saturated heterocycles. The number of esters is 1. The van der Waals surface area contributed by atoms with E-state index in [2.05, 4.69) is 16.2 Å². The lowest BCUT2D eigenvalue weighted by molar-refractivity contribution is -0.154. The van der Waals surface area contributed by atoms with Gasteiger partial charge in [-0.15, -0.1) is 0 Å². The lowest BCUT2D eigenvalue weighted by Gasteiger charge is -2.14. The molecule has 2 aromatic rings. The van der Waals surface area contributed by atoms with Gasteiger partial charge in [0.25, 0.3) is 17.7 Å². The fourth-order valence-electron chi connectivity index (χ4n) is 1.82. The Bertz CT molecular complexity index is 773. The number of benzene rings is 1. The van der Waals surface area contributed by atoms with Crippen molar-refractivity contribution in [2.24, 2.45) is 0 Å². The number of amides is 3. The molecular formula is C17H17N3O6. The van der Waals surface area contributed by atoms with Crippen molar-refractivity contribution in [3.05, 3.63) is 60.1 Å². The van der Waals surface area contributed by atoms with Crippen LogP contribution in [0.2, 0.25) is 0 Å². The third kappa shape index (κ3) is 5.48. The number of carbonyl (C=O) groups excluding carboxylic acids is 4. The zero-order chi connectivity index (χ0) is 18.9. The van der Waals surface area contributed by atoms with Gasteiger partial charge in [-0.2, -0.15) is 0 Å². The van der Waals surface area contributed by atoms with E-state index in [0.29, 0.717) is 5.56 Å². The van der Waals surface area contributed by atoms with Crippen molar-refractivity contribution in [2.75, 3.05) is 6.54 Å². The van der Waals surface area contributed by atoms with Gasteiger partial charge in [0.1, 0.15) is 6.54 Å². The third-order valence-corrected chi connectivity index (χ3v) is 3.15. The van der Waals surface area contributed by atoms with Crippen LogP contribution in [-0.2, 0) is 14.3 Å². The van der Waals surface area contributed by atoms with Crippen LogP contribution in [0.1, 0.15) is 27.8 Å². The smallest absolute Gasteiger partial charge is 0.326 e. The first-order valence-corrected chi connectivity index (χ1v) is 7.64. The minimum absolute atomic E-state index is 0.0483. The number of ether oxygens (including phenoxy) is 1. The fraction of sp³-hybridized carbons (Fsp3) is 0.176. The highest BCUT2D eigenvalue weighted by Gasteiger charge is 2.19. The molecule has 0 unspecified atom stereocenters. The van der Waals surface area contributed by atoms with Crippen molar-refractivity contribution in [2.45, 2.75) is 13.0 Å². The van der Waals surface area contributed by atoms with Crippen molar-refractivity contribution >= 4 is 23.7 Å². The average molecular weight is 359 g/mol. The molecule has 3 amide bonds. The molecule has 1 aromatic heterocycles. The summed E-state index contributed by atoms with van der Waals surface area (Å²) < 4.78 is 9.74. The number of rotatable bonds is 6. The minimum Gasteiger partial charge on any atom is -0.459 e. The molecule has 136 valence electrons. The summed E-state index contributed by atoms with van der Waals surface area (Å²) >= 11 is 0.